The van der Waals surface area contributed by atoms with Gasteiger partial charge in [0.2, 0.25) is 5.91 Å². The number of thioether (sulfide) groups is 1. The van der Waals surface area contributed by atoms with Gasteiger partial charge >= 0.3 is 0 Å². The lowest BCUT2D eigenvalue weighted by molar-refractivity contribution is -0.384. The Labute approximate surface area is 206 Å². The minimum atomic E-state index is -1.14. The number of para-hydroxylation sites is 1. The maximum atomic E-state index is 14.3. The summed E-state index contributed by atoms with van der Waals surface area (Å²) in [6.07, 6.45) is 0. The standard InChI is InChI=1S/C27H23N3O4S/c1-16-6-8-18(9-7-16)25(31)24-23(17-10-12-19(13-11-17)30(33)34)22-14-35-15-29(22)27(24)20-4-2-3-5-21(20)28-26(27)32/h2-13,22-24H,14-15H2,1H3,(H,28,32)/t22-,23-,24+,27+/m1/s1. The van der Waals surface area contributed by atoms with E-state index < -0.39 is 16.4 Å². The Balaban J connectivity index is 1.58. The van der Waals surface area contributed by atoms with Crippen molar-refractivity contribution >= 4 is 34.8 Å². The van der Waals surface area contributed by atoms with Crippen molar-refractivity contribution < 1.29 is 14.5 Å². The molecule has 7 nitrogen and oxygen atoms in total. The van der Waals surface area contributed by atoms with Crippen molar-refractivity contribution in [1.82, 2.24) is 4.90 Å². The number of hydrogen-bond donors (Lipinski definition) is 1. The third kappa shape index (κ3) is 3.10. The van der Waals surface area contributed by atoms with Gasteiger partial charge in [-0.15, -0.1) is 11.8 Å². The lowest BCUT2D eigenvalue weighted by atomic mass is 9.69. The molecule has 3 aromatic carbocycles. The van der Waals surface area contributed by atoms with Crippen LogP contribution in [-0.4, -0.2) is 39.2 Å². The molecule has 8 heteroatoms. The average molecular weight is 486 g/mol. The molecule has 3 aliphatic heterocycles. The lowest BCUT2D eigenvalue weighted by Crippen LogP contribution is -2.52. The van der Waals surface area contributed by atoms with E-state index in [0.717, 1.165) is 28.1 Å². The predicted molar refractivity (Wildman–Crippen MR) is 135 cm³/mol. The van der Waals surface area contributed by atoms with Gasteiger partial charge in [-0.1, -0.05) is 60.2 Å². The first-order valence-corrected chi connectivity index (χ1v) is 12.7. The number of nitro groups is 1. The Morgan fingerprint density at radius 1 is 1.09 bits per heavy atom. The summed E-state index contributed by atoms with van der Waals surface area (Å²) in [6, 6.07) is 21.5. The molecule has 1 amide bonds. The number of nitrogens with zero attached hydrogens (tertiary/aromatic N) is 2. The van der Waals surface area contributed by atoms with E-state index in [1.807, 2.05) is 55.5 Å². The fourth-order valence-corrected chi connectivity index (χ4v) is 7.45. The fraction of sp³-hybridized carbons (Fsp3) is 0.259. The number of ketones is 1. The molecular formula is C27H23N3O4S. The molecule has 3 heterocycles. The van der Waals surface area contributed by atoms with Crippen LogP contribution >= 0.6 is 11.8 Å². The van der Waals surface area contributed by atoms with Gasteiger partial charge in [0.05, 0.1) is 10.8 Å². The van der Waals surface area contributed by atoms with E-state index in [2.05, 4.69) is 10.2 Å². The van der Waals surface area contributed by atoms with Crippen molar-refractivity contribution in [2.75, 3.05) is 16.9 Å². The maximum absolute atomic E-state index is 14.3. The van der Waals surface area contributed by atoms with Crippen LogP contribution in [0.2, 0.25) is 0 Å². The SMILES string of the molecule is Cc1ccc(C(=O)[C@@H]2[C@H](c3ccc([N+](=O)[O-])cc3)[C@H]3CSCN3[C@]23C(=O)Nc2ccccc23)cc1. The fourth-order valence-electron chi connectivity index (χ4n) is 6.12. The Bertz CT molecular complexity index is 1360. The van der Waals surface area contributed by atoms with Crippen molar-refractivity contribution in [2.45, 2.75) is 24.4 Å². The predicted octanol–water partition coefficient (Wildman–Crippen LogP) is 4.72. The highest BCUT2D eigenvalue weighted by atomic mass is 32.2. The lowest BCUT2D eigenvalue weighted by Gasteiger charge is -2.36. The Morgan fingerprint density at radius 3 is 2.51 bits per heavy atom. The van der Waals surface area contributed by atoms with E-state index in [4.69, 9.17) is 0 Å². The second-order valence-electron chi connectivity index (χ2n) is 9.39. The number of amides is 1. The van der Waals surface area contributed by atoms with Gasteiger partial charge < -0.3 is 5.32 Å². The van der Waals surface area contributed by atoms with Gasteiger partial charge in [-0.05, 0) is 18.6 Å². The first-order valence-electron chi connectivity index (χ1n) is 11.5. The number of nitrogens with one attached hydrogen (secondary N) is 1. The number of rotatable bonds is 4. The maximum Gasteiger partial charge on any atom is 0.269 e. The molecule has 2 saturated heterocycles. The van der Waals surface area contributed by atoms with E-state index in [1.165, 1.54) is 12.1 Å². The summed E-state index contributed by atoms with van der Waals surface area (Å²) in [5, 5.41) is 14.3. The summed E-state index contributed by atoms with van der Waals surface area (Å²) in [6.45, 7) is 1.97. The van der Waals surface area contributed by atoms with Crippen LogP contribution in [0.25, 0.3) is 0 Å². The Hall–Kier alpha value is -3.49. The molecule has 0 unspecified atom stereocenters. The van der Waals surface area contributed by atoms with Gasteiger partial charge in [-0.3, -0.25) is 24.6 Å². The summed E-state index contributed by atoms with van der Waals surface area (Å²) in [4.78, 5) is 41.3. The minimum Gasteiger partial charge on any atom is -0.324 e. The van der Waals surface area contributed by atoms with Gasteiger partial charge in [-0.2, -0.15) is 0 Å². The van der Waals surface area contributed by atoms with E-state index in [-0.39, 0.29) is 29.3 Å². The molecule has 0 radical (unpaired) electrons. The number of hydrogen-bond acceptors (Lipinski definition) is 6. The number of nitro benzene ring substituents is 1. The van der Waals surface area contributed by atoms with Gasteiger partial charge in [-0.25, -0.2) is 0 Å². The highest BCUT2D eigenvalue weighted by molar-refractivity contribution is 7.99. The zero-order valence-corrected chi connectivity index (χ0v) is 19.8. The minimum absolute atomic E-state index is 0.00415. The number of aryl methyl sites for hydroxylation is 1. The molecular weight excluding hydrogens is 462 g/mol. The van der Waals surface area contributed by atoms with Crippen LogP contribution in [0.3, 0.4) is 0 Å². The monoisotopic (exact) mass is 485 g/mol. The molecule has 1 N–H and O–H groups in total. The largest absolute Gasteiger partial charge is 0.324 e. The second-order valence-corrected chi connectivity index (χ2v) is 10.4. The third-order valence-corrected chi connectivity index (χ3v) is 8.67. The van der Waals surface area contributed by atoms with E-state index in [1.54, 1.807) is 23.9 Å². The van der Waals surface area contributed by atoms with Crippen LogP contribution in [0, 0.1) is 23.0 Å². The van der Waals surface area contributed by atoms with Crippen LogP contribution in [0.1, 0.15) is 33.0 Å². The third-order valence-electron chi connectivity index (χ3n) is 7.64. The summed E-state index contributed by atoms with van der Waals surface area (Å²) < 4.78 is 0. The van der Waals surface area contributed by atoms with Gasteiger partial charge in [0.25, 0.3) is 5.69 Å². The number of carbonyl (C=O) groups excluding carboxylic acids is 2. The molecule has 6 rings (SSSR count). The highest BCUT2D eigenvalue weighted by Gasteiger charge is 2.69. The Morgan fingerprint density at radius 2 is 1.80 bits per heavy atom. The summed E-state index contributed by atoms with van der Waals surface area (Å²) in [5.74, 6) is 0.169. The second kappa shape index (κ2) is 8.03. The van der Waals surface area contributed by atoms with Gasteiger partial charge in [0, 0.05) is 52.5 Å². The van der Waals surface area contributed by atoms with E-state index in [0.29, 0.717) is 11.4 Å². The molecule has 1 spiro atoms. The van der Waals surface area contributed by atoms with Crippen molar-refractivity contribution in [3.05, 3.63) is 105 Å². The molecule has 35 heavy (non-hydrogen) atoms. The van der Waals surface area contributed by atoms with Crippen LogP contribution < -0.4 is 5.32 Å². The van der Waals surface area contributed by atoms with Gasteiger partial charge in [0.1, 0.15) is 5.54 Å². The molecule has 3 aromatic rings. The molecule has 4 atom stereocenters. The molecule has 0 saturated carbocycles. The molecule has 0 bridgehead atoms. The quantitative estimate of drug-likeness (QED) is 0.327. The first kappa shape index (κ1) is 22.0. The van der Waals surface area contributed by atoms with E-state index in [9.17, 15) is 19.7 Å². The molecule has 176 valence electrons. The molecule has 0 aromatic heterocycles. The van der Waals surface area contributed by atoms with Crippen LogP contribution in [0.5, 0.6) is 0 Å². The molecule has 0 aliphatic carbocycles. The van der Waals surface area contributed by atoms with E-state index >= 15 is 0 Å². The van der Waals surface area contributed by atoms with Crippen molar-refractivity contribution in [1.29, 1.82) is 0 Å². The first-order chi connectivity index (χ1) is 16.9. The smallest absolute Gasteiger partial charge is 0.269 e. The Kier molecular flexibility index (Phi) is 5.05. The molecule has 2 fully saturated rings. The number of Topliss-reactive ketones (excluding diaryl/α,β-unsaturated/α-hetero) is 1. The summed E-state index contributed by atoms with van der Waals surface area (Å²) in [5.41, 5.74) is 2.89. The van der Waals surface area contributed by atoms with Gasteiger partial charge in [0.15, 0.2) is 5.78 Å². The summed E-state index contributed by atoms with van der Waals surface area (Å²) in [7, 11) is 0. The summed E-state index contributed by atoms with van der Waals surface area (Å²) >= 11 is 1.75. The van der Waals surface area contributed by atoms with Crippen molar-refractivity contribution in [2.24, 2.45) is 5.92 Å². The van der Waals surface area contributed by atoms with Crippen LogP contribution in [-0.2, 0) is 10.3 Å². The van der Waals surface area contributed by atoms with Crippen LogP contribution in [0.4, 0.5) is 11.4 Å². The van der Waals surface area contributed by atoms with Crippen molar-refractivity contribution in [3.63, 3.8) is 0 Å². The topological polar surface area (TPSA) is 92.5 Å². The number of non-ortho nitro benzene ring substituents is 1. The number of anilines is 1. The number of benzene rings is 3. The number of carbonyl (C=O) groups is 2. The normalized spacial score (nSPS) is 27.0. The average Bonchev–Trinajstić information content (AvgIpc) is 3.52. The molecule has 3 aliphatic rings. The number of fused-ring (bicyclic) bond motifs is 4. The van der Waals surface area contributed by atoms with Crippen LogP contribution in [0.15, 0.2) is 72.8 Å². The zero-order chi connectivity index (χ0) is 24.3. The highest BCUT2D eigenvalue weighted by Crippen LogP contribution is 2.61. The zero-order valence-electron chi connectivity index (χ0n) is 19.0. The van der Waals surface area contributed by atoms with Crippen molar-refractivity contribution in [3.8, 4) is 0 Å².